The number of hydrogen-bond acceptors (Lipinski definition) is 1. The second-order valence-corrected chi connectivity index (χ2v) is 4.08. The zero-order chi connectivity index (χ0) is 10.6. The fourth-order valence-corrected chi connectivity index (χ4v) is 1.51. The third-order valence-electron chi connectivity index (χ3n) is 2.50. The van der Waals surface area contributed by atoms with Crippen LogP contribution in [-0.4, -0.2) is 6.04 Å². The Morgan fingerprint density at radius 3 is 2.29 bits per heavy atom. The van der Waals surface area contributed by atoms with E-state index in [1.165, 1.54) is 44.9 Å². The predicted octanol–water partition coefficient (Wildman–Crippen LogP) is 4.03. The van der Waals surface area contributed by atoms with Crippen LogP contribution in [0, 0.1) is 0 Å². The number of hydrogen-bond donors (Lipinski definition) is 1. The summed E-state index contributed by atoms with van der Waals surface area (Å²) in [6, 6.07) is 0.295. The minimum Gasteiger partial charge on any atom is -0.324 e. The molecule has 0 bridgehead atoms. The molecule has 0 spiro atoms. The van der Waals surface area contributed by atoms with Gasteiger partial charge in [-0.3, -0.25) is 0 Å². The van der Waals surface area contributed by atoms with E-state index in [0.717, 1.165) is 6.42 Å². The van der Waals surface area contributed by atoms with E-state index in [2.05, 4.69) is 26.0 Å². The van der Waals surface area contributed by atoms with Gasteiger partial charge in [0.15, 0.2) is 0 Å². The van der Waals surface area contributed by atoms with Crippen LogP contribution < -0.4 is 5.73 Å². The van der Waals surface area contributed by atoms with Crippen molar-refractivity contribution in [3.05, 3.63) is 12.2 Å². The van der Waals surface area contributed by atoms with Crippen LogP contribution in [0.5, 0.6) is 0 Å². The van der Waals surface area contributed by atoms with E-state index in [9.17, 15) is 0 Å². The monoisotopic (exact) mass is 197 g/mol. The maximum Gasteiger partial charge on any atom is 0.0223 e. The summed E-state index contributed by atoms with van der Waals surface area (Å²) >= 11 is 0. The molecule has 0 aliphatic rings. The van der Waals surface area contributed by atoms with Crippen LogP contribution in [0.15, 0.2) is 12.2 Å². The lowest BCUT2D eigenvalue weighted by atomic mass is 10.1. The smallest absolute Gasteiger partial charge is 0.0223 e. The SMILES string of the molecule is CCCCCC=CC(N)CCCCC. The fourth-order valence-electron chi connectivity index (χ4n) is 1.51. The Bertz CT molecular complexity index is 129. The number of unbranched alkanes of at least 4 members (excludes halogenated alkanes) is 5. The van der Waals surface area contributed by atoms with Crippen molar-refractivity contribution < 1.29 is 0 Å². The highest BCUT2D eigenvalue weighted by atomic mass is 14.6. The Balaban J connectivity index is 3.26. The highest BCUT2D eigenvalue weighted by Crippen LogP contribution is 2.04. The van der Waals surface area contributed by atoms with Crippen LogP contribution in [0.4, 0.5) is 0 Å². The van der Waals surface area contributed by atoms with Crippen molar-refractivity contribution in [1.82, 2.24) is 0 Å². The molecule has 0 aromatic heterocycles. The van der Waals surface area contributed by atoms with Gasteiger partial charge in [0.1, 0.15) is 0 Å². The van der Waals surface area contributed by atoms with E-state index in [1.807, 2.05) is 0 Å². The van der Waals surface area contributed by atoms with Crippen LogP contribution in [0.3, 0.4) is 0 Å². The van der Waals surface area contributed by atoms with Gasteiger partial charge in [-0.25, -0.2) is 0 Å². The summed E-state index contributed by atoms with van der Waals surface area (Å²) in [6.07, 6.45) is 14.6. The van der Waals surface area contributed by atoms with Gasteiger partial charge in [0.05, 0.1) is 0 Å². The van der Waals surface area contributed by atoms with E-state index in [-0.39, 0.29) is 0 Å². The quantitative estimate of drug-likeness (QED) is 0.438. The molecule has 0 aromatic carbocycles. The van der Waals surface area contributed by atoms with Gasteiger partial charge in [-0.2, -0.15) is 0 Å². The Kier molecular flexibility index (Phi) is 10.5. The number of allylic oxidation sites excluding steroid dienone is 1. The summed E-state index contributed by atoms with van der Waals surface area (Å²) < 4.78 is 0. The molecule has 1 nitrogen and oxygen atoms in total. The van der Waals surface area contributed by atoms with Gasteiger partial charge in [0.2, 0.25) is 0 Å². The second kappa shape index (κ2) is 10.8. The third kappa shape index (κ3) is 9.79. The summed E-state index contributed by atoms with van der Waals surface area (Å²) in [6.45, 7) is 4.46. The van der Waals surface area contributed by atoms with Crippen LogP contribution in [0.2, 0.25) is 0 Å². The zero-order valence-corrected chi connectivity index (χ0v) is 9.97. The van der Waals surface area contributed by atoms with Crippen molar-refractivity contribution in [1.29, 1.82) is 0 Å². The zero-order valence-electron chi connectivity index (χ0n) is 9.97. The van der Waals surface area contributed by atoms with Crippen molar-refractivity contribution in [2.45, 2.75) is 71.3 Å². The van der Waals surface area contributed by atoms with Gasteiger partial charge in [0, 0.05) is 6.04 Å². The number of nitrogens with two attached hydrogens (primary N) is 1. The van der Waals surface area contributed by atoms with E-state index >= 15 is 0 Å². The lowest BCUT2D eigenvalue weighted by molar-refractivity contribution is 0.620. The van der Waals surface area contributed by atoms with Crippen LogP contribution in [0.1, 0.15) is 65.2 Å². The summed E-state index contributed by atoms with van der Waals surface area (Å²) in [5.74, 6) is 0. The van der Waals surface area contributed by atoms with Crippen LogP contribution >= 0.6 is 0 Å². The highest BCUT2D eigenvalue weighted by molar-refractivity contribution is 4.90. The normalized spacial score (nSPS) is 13.6. The maximum absolute atomic E-state index is 5.94. The molecule has 0 rings (SSSR count). The summed E-state index contributed by atoms with van der Waals surface area (Å²) in [4.78, 5) is 0. The standard InChI is InChI=1S/C13H27N/c1-3-5-7-8-10-12-13(14)11-9-6-4-2/h10,12-13H,3-9,11,14H2,1-2H3. The molecule has 1 atom stereocenters. The van der Waals surface area contributed by atoms with Crippen molar-refractivity contribution >= 4 is 0 Å². The average molecular weight is 197 g/mol. The highest BCUT2D eigenvalue weighted by Gasteiger charge is 1.95. The molecule has 84 valence electrons. The Morgan fingerprint density at radius 2 is 1.64 bits per heavy atom. The topological polar surface area (TPSA) is 26.0 Å². The summed E-state index contributed by atoms with van der Waals surface area (Å²) in [5.41, 5.74) is 5.94. The maximum atomic E-state index is 5.94. The molecule has 0 heterocycles. The largest absolute Gasteiger partial charge is 0.324 e. The van der Waals surface area contributed by atoms with Gasteiger partial charge in [-0.15, -0.1) is 0 Å². The van der Waals surface area contributed by atoms with Crippen molar-refractivity contribution in [3.8, 4) is 0 Å². The van der Waals surface area contributed by atoms with E-state index in [4.69, 9.17) is 5.73 Å². The molecule has 0 aromatic rings. The summed E-state index contributed by atoms with van der Waals surface area (Å²) in [7, 11) is 0. The molecule has 2 N–H and O–H groups in total. The first kappa shape index (κ1) is 13.7. The van der Waals surface area contributed by atoms with Gasteiger partial charge >= 0.3 is 0 Å². The van der Waals surface area contributed by atoms with Crippen LogP contribution in [-0.2, 0) is 0 Å². The summed E-state index contributed by atoms with van der Waals surface area (Å²) in [5, 5.41) is 0. The van der Waals surface area contributed by atoms with E-state index in [1.54, 1.807) is 0 Å². The third-order valence-corrected chi connectivity index (χ3v) is 2.50. The van der Waals surface area contributed by atoms with Crippen LogP contribution in [0.25, 0.3) is 0 Å². The first-order valence-corrected chi connectivity index (χ1v) is 6.23. The molecule has 1 unspecified atom stereocenters. The first-order valence-electron chi connectivity index (χ1n) is 6.23. The molecule has 0 saturated carbocycles. The molecule has 0 radical (unpaired) electrons. The molecule has 0 fully saturated rings. The van der Waals surface area contributed by atoms with Crippen molar-refractivity contribution in [2.24, 2.45) is 5.73 Å². The fraction of sp³-hybridized carbons (Fsp3) is 0.846. The number of rotatable bonds is 9. The molecule has 0 amide bonds. The van der Waals surface area contributed by atoms with E-state index < -0.39 is 0 Å². The van der Waals surface area contributed by atoms with Crippen molar-refractivity contribution in [3.63, 3.8) is 0 Å². The van der Waals surface area contributed by atoms with Gasteiger partial charge in [-0.05, 0) is 19.3 Å². The predicted molar refractivity (Wildman–Crippen MR) is 65.4 cm³/mol. The molecule has 14 heavy (non-hydrogen) atoms. The lowest BCUT2D eigenvalue weighted by Crippen LogP contribution is -2.16. The average Bonchev–Trinajstić information content (AvgIpc) is 2.18. The Morgan fingerprint density at radius 1 is 1.00 bits per heavy atom. The minimum atomic E-state index is 0.295. The molecule has 0 aliphatic carbocycles. The second-order valence-electron chi connectivity index (χ2n) is 4.08. The van der Waals surface area contributed by atoms with Gasteiger partial charge in [0.25, 0.3) is 0 Å². The molecule has 0 aliphatic heterocycles. The molecule has 1 heteroatoms. The first-order chi connectivity index (χ1) is 6.81. The van der Waals surface area contributed by atoms with Gasteiger partial charge in [-0.1, -0.05) is 58.1 Å². The Hall–Kier alpha value is -0.300. The molecular weight excluding hydrogens is 170 g/mol. The molecular formula is C13H27N. The minimum absolute atomic E-state index is 0.295. The lowest BCUT2D eigenvalue weighted by Gasteiger charge is -2.04. The molecule has 0 saturated heterocycles. The van der Waals surface area contributed by atoms with Crippen molar-refractivity contribution in [2.75, 3.05) is 0 Å². The Labute approximate surface area is 89.8 Å². The van der Waals surface area contributed by atoms with Gasteiger partial charge < -0.3 is 5.73 Å². The van der Waals surface area contributed by atoms with E-state index in [0.29, 0.717) is 6.04 Å².